The van der Waals surface area contributed by atoms with Crippen LogP contribution in [-0.2, 0) is 16.4 Å². The number of hydrogen-bond acceptors (Lipinski definition) is 4. The van der Waals surface area contributed by atoms with Gasteiger partial charge < -0.3 is 19.1 Å². The molecule has 6 aliphatic rings. The van der Waals surface area contributed by atoms with Crippen molar-refractivity contribution in [2.24, 2.45) is 5.41 Å². The predicted molar refractivity (Wildman–Crippen MR) is 97.3 cm³/mol. The van der Waals surface area contributed by atoms with Gasteiger partial charge in [-0.2, -0.15) is 0 Å². The van der Waals surface area contributed by atoms with Gasteiger partial charge in [-0.15, -0.1) is 0 Å². The first-order chi connectivity index (χ1) is 11.7. The average molecular weight is 361 g/mol. The van der Waals surface area contributed by atoms with E-state index in [0.717, 1.165) is 43.7 Å². The Kier molecular flexibility index (Phi) is 2.63. The minimum Gasteiger partial charge on any atom is -0.482 e. The van der Waals surface area contributed by atoms with Gasteiger partial charge in [0, 0.05) is 26.5 Å². The molecule has 4 bridgehead atoms. The van der Waals surface area contributed by atoms with E-state index in [2.05, 4.69) is 42.5 Å². The van der Waals surface area contributed by atoms with Crippen LogP contribution in [0.15, 0.2) is 24.3 Å². The van der Waals surface area contributed by atoms with Gasteiger partial charge in [-0.25, -0.2) is 0 Å². The van der Waals surface area contributed by atoms with Gasteiger partial charge in [0.05, 0.1) is 14.9 Å². The zero-order valence-corrected chi connectivity index (χ0v) is 15.7. The Morgan fingerprint density at radius 2 is 2.08 bits per heavy atom. The summed E-state index contributed by atoms with van der Waals surface area (Å²) in [5.74, 6) is 1.78. The lowest BCUT2D eigenvalue weighted by atomic mass is 9.39. The van der Waals surface area contributed by atoms with E-state index in [-0.39, 0.29) is 22.5 Å². The highest BCUT2D eigenvalue weighted by molar-refractivity contribution is 7.10. The molecule has 1 saturated heterocycles. The van der Waals surface area contributed by atoms with E-state index in [4.69, 9.17) is 13.8 Å². The standard InChI is InChI=1S/C18H21NO3P2/c23-21-11-2-1-10-9-12-16-3-5-17(22-24,6-4-16)15-18(16,7-8-19-12)13(10)14(11)20-15/h1-3,5,12,15,19H,4,6-9,23-24H2/t12-,15+,16-,17-,18+/m1/s1. The van der Waals surface area contributed by atoms with E-state index in [0.29, 0.717) is 6.04 Å². The molecule has 1 aromatic carbocycles. The smallest absolute Gasteiger partial charge is 0.166 e. The highest BCUT2D eigenvalue weighted by Gasteiger charge is 2.76. The van der Waals surface area contributed by atoms with Crippen LogP contribution in [0.3, 0.4) is 0 Å². The maximum Gasteiger partial charge on any atom is 0.166 e. The summed E-state index contributed by atoms with van der Waals surface area (Å²) in [6, 6.07) is 4.77. The maximum absolute atomic E-state index is 6.67. The number of piperidine rings is 1. The SMILES string of the molecule is POc1ccc2c3c1O[C@H]1[C@@]4(OP)C=C[C@@]5(CC4)[C@@H](C2)NCC[C@]315. The molecule has 2 aliphatic heterocycles. The molecule has 7 rings (SSSR count). The molecule has 2 unspecified atom stereocenters. The molecule has 7 atom stereocenters. The fourth-order valence-corrected chi connectivity index (χ4v) is 7.12. The summed E-state index contributed by atoms with van der Waals surface area (Å²) in [7, 11) is 4.87. The number of ether oxygens (including phenoxy) is 1. The Labute approximate surface area is 146 Å². The van der Waals surface area contributed by atoms with Crippen molar-refractivity contribution in [2.75, 3.05) is 6.54 Å². The van der Waals surface area contributed by atoms with E-state index in [9.17, 15) is 0 Å². The van der Waals surface area contributed by atoms with Crippen molar-refractivity contribution in [2.45, 2.75) is 48.8 Å². The van der Waals surface area contributed by atoms with Crippen LogP contribution in [0.5, 0.6) is 11.5 Å². The lowest BCUT2D eigenvalue weighted by molar-refractivity contribution is -0.141. The largest absolute Gasteiger partial charge is 0.482 e. The van der Waals surface area contributed by atoms with Crippen LogP contribution in [0.25, 0.3) is 0 Å². The predicted octanol–water partition coefficient (Wildman–Crippen LogP) is 2.67. The van der Waals surface area contributed by atoms with Crippen LogP contribution >= 0.6 is 18.9 Å². The molecule has 4 nitrogen and oxygen atoms in total. The third-order valence-corrected chi connectivity index (χ3v) is 8.20. The minimum atomic E-state index is -0.347. The van der Waals surface area contributed by atoms with E-state index >= 15 is 0 Å². The van der Waals surface area contributed by atoms with E-state index in [1.807, 2.05) is 6.07 Å². The molecular weight excluding hydrogens is 340 g/mol. The fraction of sp³-hybridized carbons (Fsp3) is 0.556. The molecule has 2 spiro atoms. The molecule has 1 aromatic rings. The normalized spacial score (nSPS) is 45.8. The van der Waals surface area contributed by atoms with Gasteiger partial charge in [0.2, 0.25) is 0 Å². The molecule has 4 aliphatic carbocycles. The lowest BCUT2D eigenvalue weighted by Crippen LogP contribution is -2.76. The van der Waals surface area contributed by atoms with E-state index in [1.165, 1.54) is 11.1 Å². The van der Waals surface area contributed by atoms with E-state index < -0.39 is 0 Å². The molecule has 2 fully saturated rings. The Morgan fingerprint density at radius 1 is 1.17 bits per heavy atom. The second-order valence-corrected chi connectivity index (χ2v) is 8.39. The molecule has 0 aromatic heterocycles. The summed E-state index contributed by atoms with van der Waals surface area (Å²) in [5, 5.41) is 3.82. The number of hydrogen-bond donors (Lipinski definition) is 1. The van der Waals surface area contributed by atoms with Crippen molar-refractivity contribution in [3.05, 3.63) is 35.4 Å². The summed E-state index contributed by atoms with van der Waals surface area (Å²) in [4.78, 5) is 0. The number of nitrogens with one attached hydrogen (secondary N) is 1. The average Bonchev–Trinajstić information content (AvgIpc) is 2.98. The van der Waals surface area contributed by atoms with Gasteiger partial charge in [-0.1, -0.05) is 18.2 Å². The third-order valence-electron chi connectivity index (χ3n) is 7.51. The maximum atomic E-state index is 6.67. The third kappa shape index (κ3) is 1.27. The van der Waals surface area contributed by atoms with Crippen molar-refractivity contribution >= 4 is 18.9 Å². The molecule has 126 valence electrons. The first kappa shape index (κ1) is 14.5. The second-order valence-electron chi connectivity index (χ2n) is 7.92. The number of fused-ring (bicyclic) bond motifs is 1. The topological polar surface area (TPSA) is 39.7 Å². The van der Waals surface area contributed by atoms with Gasteiger partial charge in [0.1, 0.15) is 11.7 Å². The van der Waals surface area contributed by atoms with Crippen molar-refractivity contribution in [1.82, 2.24) is 5.32 Å². The first-order valence-corrected chi connectivity index (χ1v) is 9.66. The van der Waals surface area contributed by atoms with Gasteiger partial charge in [0.25, 0.3) is 0 Å². The van der Waals surface area contributed by atoms with Crippen LogP contribution in [0.2, 0.25) is 0 Å². The van der Waals surface area contributed by atoms with Gasteiger partial charge in [-0.05, 0) is 43.9 Å². The fourth-order valence-electron chi connectivity index (χ4n) is 6.62. The Hall–Kier alpha value is -0.660. The van der Waals surface area contributed by atoms with Crippen LogP contribution in [0.1, 0.15) is 30.4 Å². The van der Waals surface area contributed by atoms with Crippen LogP contribution in [-0.4, -0.2) is 24.3 Å². The van der Waals surface area contributed by atoms with Crippen LogP contribution in [0, 0.1) is 5.41 Å². The van der Waals surface area contributed by atoms with E-state index in [1.54, 1.807) is 0 Å². The van der Waals surface area contributed by atoms with Gasteiger partial charge >= 0.3 is 0 Å². The van der Waals surface area contributed by atoms with Crippen LogP contribution in [0.4, 0.5) is 0 Å². The second kappa shape index (κ2) is 4.35. The molecule has 24 heavy (non-hydrogen) atoms. The first-order valence-electron chi connectivity index (χ1n) is 8.72. The van der Waals surface area contributed by atoms with Crippen LogP contribution < -0.4 is 14.6 Å². The van der Waals surface area contributed by atoms with Crippen molar-refractivity contribution in [3.63, 3.8) is 0 Å². The highest BCUT2D eigenvalue weighted by atomic mass is 31.0. The number of rotatable bonds is 2. The van der Waals surface area contributed by atoms with Crippen molar-refractivity contribution in [1.29, 1.82) is 0 Å². The zero-order chi connectivity index (χ0) is 16.2. The number of benzene rings is 1. The molecular formula is C18H21NO3P2. The van der Waals surface area contributed by atoms with Gasteiger partial charge in [0.15, 0.2) is 11.5 Å². The molecule has 0 radical (unpaired) electrons. The minimum absolute atomic E-state index is 0.00854. The Morgan fingerprint density at radius 3 is 2.83 bits per heavy atom. The Bertz CT molecular complexity index is 799. The summed E-state index contributed by atoms with van der Waals surface area (Å²) >= 11 is 0. The summed E-state index contributed by atoms with van der Waals surface area (Å²) in [6.07, 6.45) is 9.10. The molecule has 1 N–H and O–H groups in total. The monoisotopic (exact) mass is 361 g/mol. The zero-order valence-electron chi connectivity index (χ0n) is 13.4. The van der Waals surface area contributed by atoms with Crippen molar-refractivity contribution < 1.29 is 13.8 Å². The quantitative estimate of drug-likeness (QED) is 0.650. The molecule has 1 saturated carbocycles. The summed E-state index contributed by atoms with van der Waals surface area (Å²) in [6.45, 7) is 1.04. The highest BCUT2D eigenvalue weighted by Crippen LogP contribution is 2.72. The Balaban J connectivity index is 1.73. The lowest BCUT2D eigenvalue weighted by Gasteiger charge is -2.67. The summed E-state index contributed by atoms with van der Waals surface area (Å²) in [5.41, 5.74) is 2.62. The van der Waals surface area contributed by atoms with Crippen molar-refractivity contribution in [3.8, 4) is 11.5 Å². The molecule has 0 amide bonds. The summed E-state index contributed by atoms with van der Waals surface area (Å²) < 4.78 is 18.3. The molecule has 2 heterocycles. The molecule has 6 heteroatoms. The van der Waals surface area contributed by atoms with Gasteiger partial charge in [-0.3, -0.25) is 0 Å².